The van der Waals surface area contributed by atoms with Crippen molar-refractivity contribution in [3.05, 3.63) is 96.7 Å². The number of para-hydroxylation sites is 2. The molecule has 0 fully saturated rings. The highest BCUT2D eigenvalue weighted by Crippen LogP contribution is 2.37. The summed E-state index contributed by atoms with van der Waals surface area (Å²) in [5, 5.41) is 2.39. The summed E-state index contributed by atoms with van der Waals surface area (Å²) in [5.41, 5.74) is 5.12. The number of hydrogen-bond acceptors (Lipinski definition) is 2. The van der Waals surface area contributed by atoms with Gasteiger partial charge in [0.05, 0.1) is 11.0 Å². The van der Waals surface area contributed by atoms with E-state index in [1.54, 1.807) is 0 Å². The third-order valence-corrected chi connectivity index (χ3v) is 4.93. The zero-order valence-electron chi connectivity index (χ0n) is 14.5. The lowest BCUT2D eigenvalue weighted by atomic mass is 10.0. The zero-order valence-corrected chi connectivity index (χ0v) is 14.5. The Morgan fingerprint density at radius 2 is 1.52 bits per heavy atom. The van der Waals surface area contributed by atoms with Crippen LogP contribution < -0.4 is 0 Å². The summed E-state index contributed by atoms with van der Waals surface area (Å²) in [7, 11) is 0. The van der Waals surface area contributed by atoms with Gasteiger partial charge in [-0.05, 0) is 23.8 Å². The molecule has 5 aromatic rings. The molecular weight excluding hydrogens is 332 g/mol. The number of carbonyl (C=O) groups is 1. The number of aldehydes is 1. The van der Waals surface area contributed by atoms with Gasteiger partial charge in [-0.25, -0.2) is 4.98 Å². The quantitative estimate of drug-likeness (QED) is 0.394. The van der Waals surface area contributed by atoms with Crippen LogP contribution in [0.15, 0.2) is 91.1 Å². The molecule has 3 nitrogen and oxygen atoms in total. The van der Waals surface area contributed by atoms with Crippen molar-refractivity contribution in [2.24, 2.45) is 0 Å². The average Bonchev–Trinajstić information content (AvgIpc) is 3.09. The van der Waals surface area contributed by atoms with Crippen LogP contribution in [-0.4, -0.2) is 15.8 Å². The molecule has 0 bridgehead atoms. The summed E-state index contributed by atoms with van der Waals surface area (Å²) in [6.45, 7) is 0. The number of hydrogen-bond donors (Lipinski definition) is 0. The molecule has 5 rings (SSSR count). The maximum absolute atomic E-state index is 11.0. The first kappa shape index (κ1) is 15.5. The van der Waals surface area contributed by atoms with Crippen LogP contribution in [-0.2, 0) is 0 Å². The lowest BCUT2D eigenvalue weighted by Crippen LogP contribution is -1.97. The van der Waals surface area contributed by atoms with Gasteiger partial charge in [0.25, 0.3) is 0 Å². The Labute approximate surface area is 156 Å². The first-order valence-corrected chi connectivity index (χ1v) is 8.86. The van der Waals surface area contributed by atoms with E-state index in [2.05, 4.69) is 52.0 Å². The van der Waals surface area contributed by atoms with E-state index < -0.39 is 0 Å². The molecule has 0 spiro atoms. The van der Waals surface area contributed by atoms with Gasteiger partial charge in [0.2, 0.25) is 0 Å². The molecule has 0 aliphatic heterocycles. The molecule has 0 aliphatic rings. The fourth-order valence-corrected chi connectivity index (χ4v) is 3.72. The number of fused-ring (bicyclic) bond motifs is 3. The second-order valence-electron chi connectivity index (χ2n) is 6.48. The molecule has 3 heteroatoms. The monoisotopic (exact) mass is 348 g/mol. The maximum atomic E-state index is 11.0. The first-order chi connectivity index (χ1) is 13.4. The third-order valence-electron chi connectivity index (χ3n) is 4.93. The van der Waals surface area contributed by atoms with Crippen LogP contribution in [0, 0.1) is 0 Å². The van der Waals surface area contributed by atoms with E-state index in [0.717, 1.165) is 34.3 Å². The predicted octanol–water partition coefficient (Wildman–Crippen LogP) is 5.66. The molecule has 0 N–H and O–H groups in total. The fourth-order valence-electron chi connectivity index (χ4n) is 3.72. The van der Waals surface area contributed by atoms with Gasteiger partial charge in [0.1, 0.15) is 12.1 Å². The van der Waals surface area contributed by atoms with Crippen LogP contribution in [0.1, 0.15) is 10.4 Å². The Bertz CT molecular complexity index is 1270. The summed E-state index contributed by atoms with van der Waals surface area (Å²) in [6.07, 6.45) is 2.69. The minimum absolute atomic E-state index is 0.677. The smallest absolute Gasteiger partial charge is 0.150 e. The maximum Gasteiger partial charge on any atom is 0.150 e. The average molecular weight is 348 g/mol. The normalized spacial score (nSPS) is 11.1. The number of benzene rings is 3. The van der Waals surface area contributed by atoms with Crippen LogP contribution in [0.25, 0.3) is 38.8 Å². The highest BCUT2D eigenvalue weighted by atomic mass is 16.1. The lowest BCUT2D eigenvalue weighted by Gasteiger charge is -2.10. The van der Waals surface area contributed by atoms with Crippen LogP contribution in [0.5, 0.6) is 0 Å². The second-order valence-corrected chi connectivity index (χ2v) is 6.48. The Morgan fingerprint density at radius 1 is 0.741 bits per heavy atom. The van der Waals surface area contributed by atoms with Crippen molar-refractivity contribution in [3.8, 4) is 16.9 Å². The van der Waals surface area contributed by atoms with Crippen molar-refractivity contribution in [2.75, 3.05) is 0 Å². The van der Waals surface area contributed by atoms with Gasteiger partial charge < -0.3 is 0 Å². The van der Waals surface area contributed by atoms with Gasteiger partial charge in [-0.3, -0.25) is 9.36 Å². The highest BCUT2D eigenvalue weighted by molar-refractivity contribution is 6.13. The van der Waals surface area contributed by atoms with Gasteiger partial charge >= 0.3 is 0 Å². The van der Waals surface area contributed by atoms with E-state index >= 15 is 0 Å². The molecule has 0 radical (unpaired) electrons. The number of aromatic nitrogens is 2. The summed E-state index contributed by atoms with van der Waals surface area (Å²) in [5.74, 6) is 0.890. The molecule has 3 aromatic carbocycles. The number of rotatable bonds is 3. The third kappa shape index (κ3) is 2.44. The van der Waals surface area contributed by atoms with E-state index in [4.69, 9.17) is 0 Å². The molecular formula is C24H16N2O. The van der Waals surface area contributed by atoms with Gasteiger partial charge in [0.15, 0.2) is 0 Å². The molecule has 0 amide bonds. The topological polar surface area (TPSA) is 34.9 Å². The van der Waals surface area contributed by atoms with Crippen molar-refractivity contribution in [1.29, 1.82) is 0 Å². The predicted molar refractivity (Wildman–Crippen MR) is 109 cm³/mol. The van der Waals surface area contributed by atoms with Gasteiger partial charge in [-0.1, -0.05) is 66.7 Å². The van der Waals surface area contributed by atoms with E-state index in [1.807, 2.05) is 48.7 Å². The van der Waals surface area contributed by atoms with E-state index in [1.165, 1.54) is 10.8 Å². The Hall–Kier alpha value is -3.72. The Kier molecular flexibility index (Phi) is 3.58. The molecule has 0 aliphatic carbocycles. The van der Waals surface area contributed by atoms with E-state index in [0.29, 0.717) is 5.56 Å². The minimum atomic E-state index is 0.677. The molecule has 128 valence electrons. The number of carbonyl (C=O) groups excluding carboxylic acids is 1. The van der Waals surface area contributed by atoms with Crippen molar-refractivity contribution >= 4 is 28.1 Å². The SMILES string of the molecule is O=Cc1ccc(-c2cccc3c4ccccc4n(-c4ccccn4)c23)cc1. The number of nitrogens with zero attached hydrogens (tertiary/aromatic N) is 2. The van der Waals surface area contributed by atoms with Crippen molar-refractivity contribution in [3.63, 3.8) is 0 Å². The molecule has 0 unspecified atom stereocenters. The minimum Gasteiger partial charge on any atom is -0.298 e. The Balaban J connectivity index is 1.92. The fraction of sp³-hybridized carbons (Fsp3) is 0. The summed E-state index contributed by atoms with van der Waals surface area (Å²) < 4.78 is 2.22. The Morgan fingerprint density at radius 3 is 2.30 bits per heavy atom. The van der Waals surface area contributed by atoms with E-state index in [-0.39, 0.29) is 0 Å². The number of pyridine rings is 1. The molecule has 0 atom stereocenters. The first-order valence-electron chi connectivity index (χ1n) is 8.86. The van der Waals surface area contributed by atoms with Gasteiger partial charge in [-0.2, -0.15) is 0 Å². The van der Waals surface area contributed by atoms with Crippen molar-refractivity contribution < 1.29 is 4.79 Å². The van der Waals surface area contributed by atoms with Crippen LogP contribution in [0.2, 0.25) is 0 Å². The summed E-state index contributed by atoms with van der Waals surface area (Å²) >= 11 is 0. The van der Waals surface area contributed by atoms with Gasteiger partial charge in [0, 0.05) is 28.1 Å². The van der Waals surface area contributed by atoms with E-state index in [9.17, 15) is 4.79 Å². The lowest BCUT2D eigenvalue weighted by molar-refractivity contribution is 0.112. The molecule has 0 saturated heterocycles. The van der Waals surface area contributed by atoms with Crippen LogP contribution in [0.4, 0.5) is 0 Å². The molecule has 2 heterocycles. The summed E-state index contributed by atoms with van der Waals surface area (Å²) in [6, 6.07) is 28.4. The summed E-state index contributed by atoms with van der Waals surface area (Å²) in [4.78, 5) is 15.6. The molecule has 0 saturated carbocycles. The largest absolute Gasteiger partial charge is 0.298 e. The molecule has 2 aromatic heterocycles. The van der Waals surface area contributed by atoms with Crippen molar-refractivity contribution in [1.82, 2.24) is 9.55 Å². The highest BCUT2D eigenvalue weighted by Gasteiger charge is 2.16. The van der Waals surface area contributed by atoms with Gasteiger partial charge in [-0.15, -0.1) is 0 Å². The van der Waals surface area contributed by atoms with Crippen LogP contribution in [0.3, 0.4) is 0 Å². The standard InChI is InChI=1S/C24H16N2O/c27-16-17-11-13-18(14-12-17)19-7-5-8-21-20-6-1-2-9-22(20)26(24(19)21)23-10-3-4-15-25-23/h1-16H. The second kappa shape index (κ2) is 6.22. The zero-order chi connectivity index (χ0) is 18.2. The van der Waals surface area contributed by atoms with Crippen molar-refractivity contribution in [2.45, 2.75) is 0 Å². The van der Waals surface area contributed by atoms with Crippen LogP contribution >= 0.6 is 0 Å². The molecule has 27 heavy (non-hydrogen) atoms.